The number of nitrogens with one attached hydrogen (secondary N) is 1. The van der Waals surface area contributed by atoms with Gasteiger partial charge in [-0.25, -0.2) is 13.1 Å². The summed E-state index contributed by atoms with van der Waals surface area (Å²) in [6, 6.07) is 5.62. The largest absolute Gasteiger partial charge is 0.469 e. The normalized spacial score (nSPS) is 11.1. The van der Waals surface area contributed by atoms with Crippen LogP contribution in [0.15, 0.2) is 33.7 Å². The number of carbonyl (C=O) groups is 1. The number of nitrogens with zero attached hydrogens (tertiary/aromatic N) is 2. The van der Waals surface area contributed by atoms with Crippen molar-refractivity contribution in [3.63, 3.8) is 0 Å². The average molecular weight is 311 g/mol. The van der Waals surface area contributed by atoms with Gasteiger partial charge in [0.2, 0.25) is 0 Å². The van der Waals surface area contributed by atoms with E-state index in [4.69, 9.17) is 4.52 Å². The van der Waals surface area contributed by atoms with Crippen molar-refractivity contribution in [3.05, 3.63) is 35.7 Å². The summed E-state index contributed by atoms with van der Waals surface area (Å²) >= 11 is 0. The number of aryl methyl sites for hydroxylation is 1. The van der Waals surface area contributed by atoms with E-state index in [0.29, 0.717) is 11.4 Å². The first-order chi connectivity index (χ1) is 9.90. The minimum atomic E-state index is -3.81. The number of rotatable bonds is 5. The smallest absolute Gasteiger partial charge is 0.335 e. The third-order valence-corrected chi connectivity index (χ3v) is 3.90. The number of ether oxygens (including phenoxy) is 1. The van der Waals surface area contributed by atoms with Crippen LogP contribution in [-0.2, 0) is 26.0 Å². The Morgan fingerprint density at radius 3 is 2.52 bits per heavy atom. The van der Waals surface area contributed by atoms with Crippen molar-refractivity contribution in [2.45, 2.75) is 18.2 Å². The number of benzene rings is 1. The molecule has 112 valence electrons. The molecule has 0 aliphatic rings. The summed E-state index contributed by atoms with van der Waals surface area (Å²) in [4.78, 5) is 14.9. The Kier molecular flexibility index (Phi) is 4.22. The fourth-order valence-corrected chi connectivity index (χ4v) is 2.46. The third-order valence-electron chi connectivity index (χ3n) is 2.56. The van der Waals surface area contributed by atoms with Crippen LogP contribution in [0.25, 0.3) is 0 Å². The molecule has 0 spiro atoms. The average Bonchev–Trinajstić information content (AvgIpc) is 2.83. The van der Waals surface area contributed by atoms with Crippen LogP contribution < -0.4 is 4.72 Å². The van der Waals surface area contributed by atoms with Crippen LogP contribution in [0.4, 0.5) is 6.01 Å². The Labute approximate surface area is 121 Å². The molecule has 0 saturated carbocycles. The molecule has 0 fully saturated rings. The van der Waals surface area contributed by atoms with E-state index in [1.807, 2.05) is 0 Å². The predicted octanol–water partition coefficient (Wildman–Crippen LogP) is 0.894. The molecule has 0 aliphatic carbocycles. The van der Waals surface area contributed by atoms with E-state index in [1.54, 1.807) is 6.92 Å². The Bertz CT molecular complexity index is 737. The number of aromatic nitrogens is 2. The number of esters is 1. The molecule has 9 heteroatoms. The van der Waals surface area contributed by atoms with Crippen LogP contribution in [0.1, 0.15) is 11.4 Å². The van der Waals surface area contributed by atoms with Crippen LogP contribution in [0.5, 0.6) is 0 Å². The quantitative estimate of drug-likeness (QED) is 0.816. The number of hydrogen-bond donors (Lipinski definition) is 1. The molecule has 1 aromatic heterocycles. The number of anilines is 1. The highest BCUT2D eigenvalue weighted by Crippen LogP contribution is 2.15. The van der Waals surface area contributed by atoms with Crippen LogP contribution >= 0.6 is 0 Å². The summed E-state index contributed by atoms with van der Waals surface area (Å²) in [6.07, 6.45) is 0.0765. The lowest BCUT2D eigenvalue weighted by Gasteiger charge is -2.05. The summed E-state index contributed by atoms with van der Waals surface area (Å²) < 4.78 is 35.5. The predicted molar refractivity (Wildman–Crippen MR) is 72.0 cm³/mol. The molecule has 0 unspecified atom stereocenters. The van der Waals surface area contributed by atoms with Crippen LogP contribution in [0.3, 0.4) is 0 Å². The van der Waals surface area contributed by atoms with Crippen LogP contribution in [0, 0.1) is 6.92 Å². The zero-order valence-corrected chi connectivity index (χ0v) is 12.2. The van der Waals surface area contributed by atoms with E-state index in [-0.39, 0.29) is 17.3 Å². The Balaban J connectivity index is 2.15. The van der Waals surface area contributed by atoms with E-state index < -0.39 is 16.0 Å². The van der Waals surface area contributed by atoms with Gasteiger partial charge in [-0.1, -0.05) is 17.3 Å². The van der Waals surface area contributed by atoms with Gasteiger partial charge in [0, 0.05) is 0 Å². The molecule has 0 bridgehead atoms. The van der Waals surface area contributed by atoms with Crippen molar-refractivity contribution in [2.75, 3.05) is 11.8 Å². The number of methoxy groups -OCH3 is 1. The summed E-state index contributed by atoms with van der Waals surface area (Å²) in [5.41, 5.74) is 0.648. The van der Waals surface area contributed by atoms with E-state index in [9.17, 15) is 13.2 Å². The van der Waals surface area contributed by atoms with Crippen molar-refractivity contribution in [1.29, 1.82) is 0 Å². The standard InChI is InChI=1S/C12H13N3O5S/c1-8-13-12(20-14-8)15-21(17,18)10-5-3-9(4-6-10)7-11(16)19-2/h3-6H,7H2,1-2H3,(H,13,14,15). The minimum absolute atomic E-state index is 0.0203. The van der Waals surface area contributed by atoms with E-state index in [1.165, 1.54) is 31.4 Å². The maximum absolute atomic E-state index is 12.1. The number of hydrogen-bond acceptors (Lipinski definition) is 7. The second-order valence-corrected chi connectivity index (χ2v) is 5.83. The second-order valence-electron chi connectivity index (χ2n) is 4.15. The molecule has 1 heterocycles. The third kappa shape index (κ3) is 3.78. The Morgan fingerprint density at radius 1 is 1.33 bits per heavy atom. The Morgan fingerprint density at radius 2 is 2.00 bits per heavy atom. The summed E-state index contributed by atoms with van der Waals surface area (Å²) in [5, 5.41) is 3.49. The van der Waals surface area contributed by atoms with Crippen molar-refractivity contribution in [3.8, 4) is 0 Å². The molecule has 8 nitrogen and oxygen atoms in total. The fraction of sp³-hybridized carbons (Fsp3) is 0.250. The molecule has 2 aromatic rings. The SMILES string of the molecule is COC(=O)Cc1ccc(S(=O)(=O)Nc2nc(C)no2)cc1. The molecular weight excluding hydrogens is 298 g/mol. The fourth-order valence-electron chi connectivity index (χ4n) is 1.54. The van der Waals surface area contributed by atoms with Gasteiger partial charge in [-0.15, -0.1) is 0 Å². The van der Waals surface area contributed by atoms with E-state index in [0.717, 1.165) is 0 Å². The maximum atomic E-state index is 12.1. The van der Waals surface area contributed by atoms with Gasteiger partial charge in [-0.3, -0.25) is 4.79 Å². The molecule has 0 saturated heterocycles. The number of sulfonamides is 1. The molecule has 1 aromatic carbocycles. The van der Waals surface area contributed by atoms with E-state index >= 15 is 0 Å². The second kappa shape index (κ2) is 5.92. The first-order valence-electron chi connectivity index (χ1n) is 5.89. The van der Waals surface area contributed by atoms with Crippen molar-refractivity contribution in [2.24, 2.45) is 0 Å². The van der Waals surface area contributed by atoms with Gasteiger partial charge in [0.15, 0.2) is 5.82 Å². The molecular formula is C12H13N3O5S. The molecule has 0 aliphatic heterocycles. The zero-order chi connectivity index (χ0) is 15.5. The Hall–Kier alpha value is -2.42. The van der Waals surface area contributed by atoms with Crippen molar-refractivity contribution >= 4 is 22.0 Å². The highest BCUT2D eigenvalue weighted by atomic mass is 32.2. The lowest BCUT2D eigenvalue weighted by Crippen LogP contribution is -2.13. The van der Waals surface area contributed by atoms with Gasteiger partial charge in [-0.2, -0.15) is 4.98 Å². The van der Waals surface area contributed by atoms with Gasteiger partial charge in [-0.05, 0) is 24.6 Å². The highest BCUT2D eigenvalue weighted by Gasteiger charge is 2.17. The van der Waals surface area contributed by atoms with Crippen LogP contribution in [-0.4, -0.2) is 31.6 Å². The van der Waals surface area contributed by atoms with Gasteiger partial charge in [0.25, 0.3) is 10.0 Å². The molecule has 0 radical (unpaired) electrons. The van der Waals surface area contributed by atoms with Gasteiger partial charge in [0.1, 0.15) is 0 Å². The summed E-state index contributed by atoms with van der Waals surface area (Å²) in [7, 11) is -2.52. The number of carbonyl (C=O) groups excluding carboxylic acids is 1. The summed E-state index contributed by atoms with van der Waals surface area (Å²) in [6.45, 7) is 1.57. The molecule has 2 rings (SSSR count). The van der Waals surface area contributed by atoms with Crippen molar-refractivity contribution < 1.29 is 22.5 Å². The van der Waals surface area contributed by atoms with Crippen LogP contribution in [0.2, 0.25) is 0 Å². The first kappa shape index (κ1) is 15.0. The molecule has 0 amide bonds. The zero-order valence-electron chi connectivity index (χ0n) is 11.4. The topological polar surface area (TPSA) is 111 Å². The monoisotopic (exact) mass is 311 g/mol. The van der Waals surface area contributed by atoms with Gasteiger partial charge >= 0.3 is 12.0 Å². The first-order valence-corrected chi connectivity index (χ1v) is 7.38. The molecule has 21 heavy (non-hydrogen) atoms. The maximum Gasteiger partial charge on any atom is 0.335 e. The van der Waals surface area contributed by atoms with Gasteiger partial charge in [0.05, 0.1) is 18.4 Å². The lowest BCUT2D eigenvalue weighted by molar-refractivity contribution is -0.139. The van der Waals surface area contributed by atoms with E-state index in [2.05, 4.69) is 19.6 Å². The minimum Gasteiger partial charge on any atom is -0.469 e. The lowest BCUT2D eigenvalue weighted by atomic mass is 10.2. The molecule has 1 N–H and O–H groups in total. The van der Waals surface area contributed by atoms with Gasteiger partial charge < -0.3 is 9.26 Å². The van der Waals surface area contributed by atoms with Crippen molar-refractivity contribution in [1.82, 2.24) is 10.1 Å². The molecule has 0 atom stereocenters. The summed E-state index contributed by atoms with van der Waals surface area (Å²) in [5.74, 6) is -0.0776. The highest BCUT2D eigenvalue weighted by molar-refractivity contribution is 7.92.